The Kier molecular flexibility index (Phi) is 5.84. The van der Waals surface area contributed by atoms with Crippen LogP contribution in [-0.2, 0) is 4.79 Å². The van der Waals surface area contributed by atoms with Crippen molar-refractivity contribution < 1.29 is 9.59 Å². The predicted molar refractivity (Wildman–Crippen MR) is 107 cm³/mol. The fourth-order valence-corrected chi connectivity index (χ4v) is 3.50. The van der Waals surface area contributed by atoms with Crippen molar-refractivity contribution in [2.24, 2.45) is 5.10 Å². The minimum absolute atomic E-state index is 0.0450. The molecule has 0 saturated heterocycles. The number of nitrogens with one attached hydrogen (secondary N) is 2. The molecule has 142 valence electrons. The first-order valence-corrected chi connectivity index (χ1v) is 9.44. The molecule has 0 spiro atoms. The number of carbonyl (C=O) groups excluding carboxylic acids is 2. The number of amides is 2. The van der Waals surface area contributed by atoms with Gasteiger partial charge in [-0.2, -0.15) is 5.10 Å². The van der Waals surface area contributed by atoms with E-state index >= 15 is 0 Å². The molecular weight excluding hydrogens is 340 g/mol. The molecule has 1 fully saturated rings. The summed E-state index contributed by atoms with van der Waals surface area (Å²) in [4.78, 5) is 29.1. The molecule has 1 aliphatic rings. The van der Waals surface area contributed by atoms with Crippen molar-refractivity contribution in [2.45, 2.75) is 58.9 Å². The van der Waals surface area contributed by atoms with Crippen molar-refractivity contribution >= 4 is 28.4 Å². The van der Waals surface area contributed by atoms with Gasteiger partial charge in [-0.1, -0.05) is 31.0 Å². The number of aryl methyl sites for hydroxylation is 2. The summed E-state index contributed by atoms with van der Waals surface area (Å²) in [5, 5.41) is 8.02. The van der Waals surface area contributed by atoms with E-state index in [9.17, 15) is 9.59 Å². The SMILES string of the molecule is CC(CC(=O)NC1CCCC1)=NNC(=O)c1cc2cccc(C)c2nc1C. The topological polar surface area (TPSA) is 83.5 Å². The third-order valence-electron chi connectivity index (χ3n) is 4.97. The number of carbonyl (C=O) groups is 2. The molecule has 2 N–H and O–H groups in total. The van der Waals surface area contributed by atoms with Gasteiger partial charge in [0.2, 0.25) is 5.91 Å². The molecule has 1 aromatic heterocycles. The van der Waals surface area contributed by atoms with E-state index in [0.717, 1.165) is 29.3 Å². The van der Waals surface area contributed by atoms with Crippen LogP contribution in [0.4, 0.5) is 0 Å². The molecule has 0 aliphatic heterocycles. The summed E-state index contributed by atoms with van der Waals surface area (Å²) in [6.45, 7) is 5.55. The van der Waals surface area contributed by atoms with Crippen LogP contribution in [0.3, 0.4) is 0 Å². The Morgan fingerprint density at radius 1 is 1.22 bits per heavy atom. The second-order valence-corrected chi connectivity index (χ2v) is 7.28. The number of pyridine rings is 1. The third-order valence-corrected chi connectivity index (χ3v) is 4.97. The molecule has 2 amide bonds. The molecule has 0 atom stereocenters. The van der Waals surface area contributed by atoms with E-state index in [2.05, 4.69) is 20.8 Å². The lowest BCUT2D eigenvalue weighted by atomic mass is 10.1. The van der Waals surface area contributed by atoms with E-state index in [-0.39, 0.29) is 24.3 Å². The van der Waals surface area contributed by atoms with Crippen LogP contribution in [0.1, 0.15) is 60.6 Å². The molecule has 27 heavy (non-hydrogen) atoms. The number of benzene rings is 1. The van der Waals surface area contributed by atoms with Crippen LogP contribution >= 0.6 is 0 Å². The predicted octanol–water partition coefficient (Wildman–Crippen LogP) is 3.41. The number of nitrogens with zero attached hydrogens (tertiary/aromatic N) is 2. The highest BCUT2D eigenvalue weighted by Gasteiger charge is 2.17. The third kappa shape index (κ3) is 4.70. The normalized spacial score (nSPS) is 15.1. The van der Waals surface area contributed by atoms with Crippen molar-refractivity contribution in [1.82, 2.24) is 15.7 Å². The Balaban J connectivity index is 1.64. The molecule has 1 saturated carbocycles. The molecule has 2 aromatic rings. The molecule has 6 heteroatoms. The van der Waals surface area contributed by atoms with Gasteiger partial charge in [0.25, 0.3) is 5.91 Å². The van der Waals surface area contributed by atoms with Crippen LogP contribution in [0.5, 0.6) is 0 Å². The van der Waals surface area contributed by atoms with Gasteiger partial charge in [-0.25, -0.2) is 5.43 Å². The van der Waals surface area contributed by atoms with Gasteiger partial charge in [-0.05, 0) is 45.2 Å². The van der Waals surface area contributed by atoms with Crippen LogP contribution in [-0.4, -0.2) is 28.6 Å². The fraction of sp³-hybridized carbons (Fsp3) is 0.429. The van der Waals surface area contributed by atoms with Crippen LogP contribution in [0, 0.1) is 13.8 Å². The lowest BCUT2D eigenvalue weighted by molar-refractivity contribution is -0.120. The van der Waals surface area contributed by atoms with E-state index in [1.807, 2.05) is 38.1 Å². The largest absolute Gasteiger partial charge is 0.353 e. The maximum absolute atomic E-state index is 12.5. The van der Waals surface area contributed by atoms with Gasteiger partial charge in [0.05, 0.1) is 23.2 Å². The number of aromatic nitrogens is 1. The Morgan fingerprint density at radius 2 is 1.96 bits per heavy atom. The quantitative estimate of drug-likeness (QED) is 0.628. The highest BCUT2D eigenvalue weighted by atomic mass is 16.2. The second kappa shape index (κ2) is 8.29. The van der Waals surface area contributed by atoms with Crippen LogP contribution in [0.25, 0.3) is 10.9 Å². The zero-order valence-electron chi connectivity index (χ0n) is 16.1. The summed E-state index contributed by atoms with van der Waals surface area (Å²) in [6.07, 6.45) is 4.63. The highest BCUT2D eigenvalue weighted by molar-refractivity contribution is 6.02. The van der Waals surface area contributed by atoms with Gasteiger partial charge in [-0.15, -0.1) is 0 Å². The Morgan fingerprint density at radius 3 is 2.70 bits per heavy atom. The number of rotatable bonds is 5. The van der Waals surface area contributed by atoms with Gasteiger partial charge in [0, 0.05) is 17.1 Å². The summed E-state index contributed by atoms with van der Waals surface area (Å²) in [5.41, 5.74) is 6.23. The van der Waals surface area contributed by atoms with Crippen molar-refractivity contribution in [3.8, 4) is 0 Å². The maximum Gasteiger partial charge on any atom is 0.273 e. The van der Waals surface area contributed by atoms with Crippen LogP contribution in [0.2, 0.25) is 0 Å². The highest BCUT2D eigenvalue weighted by Crippen LogP contribution is 2.20. The maximum atomic E-state index is 12.5. The average molecular weight is 366 g/mol. The second-order valence-electron chi connectivity index (χ2n) is 7.28. The first-order chi connectivity index (χ1) is 12.9. The fourth-order valence-electron chi connectivity index (χ4n) is 3.50. The summed E-state index contributed by atoms with van der Waals surface area (Å²) < 4.78 is 0. The van der Waals surface area contributed by atoms with Crippen LogP contribution < -0.4 is 10.7 Å². The van der Waals surface area contributed by atoms with E-state index in [0.29, 0.717) is 17.0 Å². The first-order valence-electron chi connectivity index (χ1n) is 9.44. The molecule has 0 unspecified atom stereocenters. The van der Waals surface area contributed by atoms with Gasteiger partial charge in [-0.3, -0.25) is 14.6 Å². The molecule has 1 aliphatic carbocycles. The van der Waals surface area contributed by atoms with Crippen LogP contribution in [0.15, 0.2) is 29.4 Å². The number of hydrazone groups is 1. The Hall–Kier alpha value is -2.76. The molecule has 1 heterocycles. The number of para-hydroxylation sites is 1. The van der Waals surface area contributed by atoms with Crippen molar-refractivity contribution in [2.75, 3.05) is 0 Å². The van der Waals surface area contributed by atoms with Crippen molar-refractivity contribution in [3.05, 3.63) is 41.1 Å². The van der Waals surface area contributed by atoms with Gasteiger partial charge < -0.3 is 5.32 Å². The number of fused-ring (bicyclic) bond motifs is 1. The molecule has 0 bridgehead atoms. The lowest BCUT2D eigenvalue weighted by Gasteiger charge is -2.11. The standard InChI is InChI=1S/C21H26N4O2/c1-13-7-6-8-16-12-18(15(3)22-20(13)16)21(27)25-24-14(2)11-19(26)23-17-9-4-5-10-17/h6-8,12,17H,4-5,9-11H2,1-3H3,(H,23,26)(H,25,27). The first kappa shape index (κ1) is 19.0. The number of hydrogen-bond acceptors (Lipinski definition) is 4. The summed E-state index contributed by atoms with van der Waals surface area (Å²) in [7, 11) is 0. The average Bonchev–Trinajstić information content (AvgIpc) is 3.12. The van der Waals surface area contributed by atoms with Crippen molar-refractivity contribution in [1.29, 1.82) is 0 Å². The zero-order valence-corrected chi connectivity index (χ0v) is 16.1. The van der Waals surface area contributed by atoms with Gasteiger partial charge >= 0.3 is 0 Å². The van der Waals surface area contributed by atoms with Gasteiger partial charge in [0.15, 0.2) is 0 Å². The smallest absolute Gasteiger partial charge is 0.273 e. The summed E-state index contributed by atoms with van der Waals surface area (Å²) in [5.74, 6) is -0.365. The monoisotopic (exact) mass is 366 g/mol. The van der Waals surface area contributed by atoms with E-state index in [4.69, 9.17) is 0 Å². The molecule has 0 radical (unpaired) electrons. The molecule has 3 rings (SSSR count). The minimum atomic E-state index is -0.320. The molecule has 1 aromatic carbocycles. The van der Waals surface area contributed by atoms with Gasteiger partial charge in [0.1, 0.15) is 0 Å². The Bertz CT molecular complexity index is 898. The summed E-state index contributed by atoms with van der Waals surface area (Å²) in [6, 6.07) is 8.00. The van der Waals surface area contributed by atoms with E-state index in [1.54, 1.807) is 6.92 Å². The molecule has 6 nitrogen and oxygen atoms in total. The van der Waals surface area contributed by atoms with E-state index in [1.165, 1.54) is 12.8 Å². The Labute approximate surface area is 159 Å². The molecular formula is C21H26N4O2. The van der Waals surface area contributed by atoms with Crippen molar-refractivity contribution in [3.63, 3.8) is 0 Å². The van der Waals surface area contributed by atoms with E-state index < -0.39 is 0 Å². The minimum Gasteiger partial charge on any atom is -0.353 e. The zero-order chi connectivity index (χ0) is 19.4. The summed E-state index contributed by atoms with van der Waals surface area (Å²) >= 11 is 0. The lowest BCUT2D eigenvalue weighted by Crippen LogP contribution is -2.34. The number of hydrogen-bond donors (Lipinski definition) is 2.